The van der Waals surface area contributed by atoms with Crippen LogP contribution in [0.2, 0.25) is 0 Å². The fraction of sp³-hybridized carbons (Fsp3) is 0.211. The summed E-state index contributed by atoms with van der Waals surface area (Å²) < 4.78 is 41.2. The van der Waals surface area contributed by atoms with Crippen LogP contribution in [0.25, 0.3) is 0 Å². The number of hydrogen-bond donors (Lipinski definition) is 0. The molecule has 0 unspecified atom stereocenters. The van der Waals surface area contributed by atoms with E-state index >= 15 is 0 Å². The van der Waals surface area contributed by atoms with Crippen molar-refractivity contribution in [1.82, 2.24) is 0 Å². The van der Waals surface area contributed by atoms with Crippen LogP contribution >= 0.6 is 11.6 Å². The van der Waals surface area contributed by atoms with Crippen molar-refractivity contribution in [2.75, 3.05) is 26.1 Å². The number of allylic oxidation sites excluding steroid dienone is 1. The molecule has 2 rings (SSSR count). The maximum Gasteiger partial charge on any atom is 0.165 e. The van der Waals surface area contributed by atoms with Crippen LogP contribution in [-0.4, -0.2) is 32.0 Å². The number of anilines is 2. The average Bonchev–Trinajstić information content (AvgIpc) is 2.61. The van der Waals surface area contributed by atoms with Crippen LogP contribution in [0.4, 0.5) is 11.4 Å². The summed E-state index contributed by atoms with van der Waals surface area (Å²) in [6.45, 7) is 2.07. The Morgan fingerprint density at radius 2 is 1.39 bits per heavy atom. The van der Waals surface area contributed by atoms with Gasteiger partial charge in [-0.05, 0) is 43.3 Å². The van der Waals surface area contributed by atoms with Gasteiger partial charge in [0.25, 0.3) is 0 Å². The van der Waals surface area contributed by atoms with Gasteiger partial charge >= 0.3 is 0 Å². The van der Waals surface area contributed by atoms with Crippen LogP contribution in [0, 0.1) is 17.2 Å². The molecule has 0 bridgehead atoms. The number of hydrogen-bond acceptors (Lipinski definition) is 6. The van der Waals surface area contributed by atoms with Gasteiger partial charge in [0.05, 0.1) is 7.11 Å². The van der Waals surface area contributed by atoms with E-state index in [1.54, 1.807) is 7.11 Å². The minimum atomic E-state index is -4.94. The van der Waals surface area contributed by atoms with Gasteiger partial charge in [-0.15, -0.1) is 10.2 Å². The number of aryl methyl sites for hydroxylation is 1. The highest BCUT2D eigenvalue weighted by Crippen LogP contribution is 2.32. The summed E-state index contributed by atoms with van der Waals surface area (Å²) >= 11 is 6.57. The Kier molecular flexibility index (Phi) is 9.40. The third-order valence-electron chi connectivity index (χ3n) is 3.35. The Bertz CT molecular complexity index is 791. The molecule has 0 aromatic heterocycles. The van der Waals surface area contributed by atoms with Crippen LogP contribution in [0.5, 0.6) is 5.75 Å². The molecule has 0 atom stereocenters. The van der Waals surface area contributed by atoms with E-state index in [1.807, 2.05) is 60.1 Å². The second-order valence-electron chi connectivity index (χ2n) is 5.85. The zero-order valence-corrected chi connectivity index (χ0v) is 17.5. The third kappa shape index (κ3) is 9.18. The van der Waals surface area contributed by atoms with Crippen molar-refractivity contribution in [3.63, 3.8) is 0 Å². The predicted octanol–water partition coefficient (Wildman–Crippen LogP) is -0.191. The van der Waals surface area contributed by atoms with E-state index in [0.29, 0.717) is 5.16 Å². The van der Waals surface area contributed by atoms with Crippen LogP contribution < -0.4 is 28.3 Å². The highest BCUT2D eigenvalue weighted by atomic mass is 35.7. The first kappa shape index (κ1) is 23.9. The van der Waals surface area contributed by atoms with Gasteiger partial charge in [-0.25, -0.2) is 23.2 Å². The Labute approximate surface area is 171 Å². The fourth-order valence-electron chi connectivity index (χ4n) is 2.11. The predicted molar refractivity (Wildman–Crippen MR) is 98.4 cm³/mol. The Morgan fingerprint density at radius 3 is 1.79 bits per heavy atom. The molecule has 7 nitrogen and oxygen atoms in total. The quantitative estimate of drug-likeness (QED) is 0.371. The first-order valence-corrected chi connectivity index (χ1v) is 9.62. The lowest BCUT2D eigenvalue weighted by molar-refractivity contribution is -2.00. The first-order chi connectivity index (χ1) is 13.0. The molecule has 0 aliphatic heterocycles. The Balaban J connectivity index is 0.000000696. The molecule has 0 aliphatic carbocycles. The van der Waals surface area contributed by atoms with Crippen molar-refractivity contribution in [2.45, 2.75) is 6.92 Å². The van der Waals surface area contributed by atoms with E-state index in [1.165, 1.54) is 5.56 Å². The SMILES string of the molecule is COc1ccc(N(/C(Cl)=C/C=[N+](C)C)c2ccc(C)cc2)cc1.[O-][Cl+3]([O-])([O-])[O-]. The van der Waals surface area contributed by atoms with Crippen molar-refractivity contribution in [3.05, 3.63) is 65.3 Å². The molecule has 0 N–H and O–H groups in total. The van der Waals surface area contributed by atoms with Crippen LogP contribution in [0.15, 0.2) is 59.8 Å². The summed E-state index contributed by atoms with van der Waals surface area (Å²) in [5, 5.41) is 0.618. The molecule has 9 heteroatoms. The van der Waals surface area contributed by atoms with Crippen LogP contribution in [0.1, 0.15) is 5.56 Å². The molecule has 0 aliphatic rings. The molecule has 0 saturated heterocycles. The number of nitrogens with zero attached hydrogens (tertiary/aromatic N) is 2. The van der Waals surface area contributed by atoms with Gasteiger partial charge in [-0.2, -0.15) is 0 Å². The Hall–Kier alpha value is -2.13. The lowest BCUT2D eigenvalue weighted by Crippen LogP contribution is -2.68. The number of methoxy groups -OCH3 is 1. The molecule has 2 aromatic carbocycles. The maximum absolute atomic E-state index is 8.49. The molecule has 2 aromatic rings. The first-order valence-electron chi connectivity index (χ1n) is 8.01. The standard InChI is InChI=1S/C19H22ClN2O.ClHO4/c1-15-5-7-16(8-6-15)22(19(20)13-14-21(2)3)17-9-11-18(23-4)12-10-17;2-1(3,4)5/h5-14H,1-4H3;(H,2,3,4,5)/q+1;/p-1. The molecule has 28 heavy (non-hydrogen) atoms. The molecule has 0 saturated carbocycles. The van der Waals surface area contributed by atoms with Gasteiger partial charge in [0, 0.05) is 17.5 Å². The molecule has 0 radical (unpaired) electrons. The third-order valence-corrected chi connectivity index (χ3v) is 3.64. The van der Waals surface area contributed by atoms with Gasteiger partial charge in [-0.1, -0.05) is 29.3 Å². The second kappa shape index (κ2) is 11.0. The molecule has 0 spiro atoms. The average molecular weight is 429 g/mol. The van der Waals surface area contributed by atoms with Gasteiger partial charge in [0.15, 0.2) is 6.21 Å². The monoisotopic (exact) mass is 428 g/mol. The zero-order valence-electron chi connectivity index (χ0n) is 16.0. The van der Waals surface area contributed by atoms with Gasteiger partial charge in [-0.3, -0.25) is 0 Å². The maximum atomic E-state index is 8.49. The van der Waals surface area contributed by atoms with E-state index in [0.717, 1.165) is 17.1 Å². The minimum absolute atomic E-state index is 0.618. The normalized spacial score (nSPS) is 11.2. The smallest absolute Gasteiger partial charge is 0.165 e. The molecular formula is C19H22Cl2N2O5. The topological polar surface area (TPSA) is 108 Å². The van der Waals surface area contributed by atoms with E-state index in [4.69, 9.17) is 35.0 Å². The largest absolute Gasteiger partial charge is 0.497 e. The van der Waals surface area contributed by atoms with E-state index < -0.39 is 10.2 Å². The number of halogens is 2. The van der Waals surface area contributed by atoms with E-state index in [9.17, 15) is 0 Å². The van der Waals surface area contributed by atoms with Gasteiger partial charge < -0.3 is 9.64 Å². The second-order valence-corrected chi connectivity index (χ2v) is 6.99. The fourth-order valence-corrected chi connectivity index (χ4v) is 2.36. The van der Waals surface area contributed by atoms with Gasteiger partial charge in [0.2, 0.25) is 0 Å². The summed E-state index contributed by atoms with van der Waals surface area (Å²) in [7, 11) is 0.639. The summed E-state index contributed by atoms with van der Waals surface area (Å²) in [6.07, 6.45) is 3.80. The summed E-state index contributed by atoms with van der Waals surface area (Å²) in [4.78, 5) is 2.00. The van der Waals surface area contributed by atoms with Crippen molar-refractivity contribution < 1.29 is 38.2 Å². The van der Waals surface area contributed by atoms with E-state index in [2.05, 4.69) is 31.2 Å². The van der Waals surface area contributed by atoms with Crippen molar-refractivity contribution >= 4 is 29.2 Å². The highest BCUT2D eigenvalue weighted by molar-refractivity contribution is 6.32. The number of ether oxygens (including phenoxy) is 1. The lowest BCUT2D eigenvalue weighted by Gasteiger charge is -2.24. The summed E-state index contributed by atoms with van der Waals surface area (Å²) in [5.74, 6) is 0.817. The minimum Gasteiger partial charge on any atom is -0.497 e. The summed E-state index contributed by atoms with van der Waals surface area (Å²) in [6, 6.07) is 16.1. The van der Waals surface area contributed by atoms with Crippen molar-refractivity contribution in [2.24, 2.45) is 0 Å². The summed E-state index contributed by atoms with van der Waals surface area (Å²) in [5.41, 5.74) is 3.20. The molecule has 0 heterocycles. The van der Waals surface area contributed by atoms with Crippen molar-refractivity contribution in [3.8, 4) is 5.75 Å². The number of benzene rings is 2. The molecule has 0 fully saturated rings. The molecule has 152 valence electrons. The van der Waals surface area contributed by atoms with Crippen molar-refractivity contribution in [1.29, 1.82) is 0 Å². The highest BCUT2D eigenvalue weighted by Gasteiger charge is 2.13. The van der Waals surface area contributed by atoms with Gasteiger partial charge in [0.1, 0.15) is 25.0 Å². The lowest BCUT2D eigenvalue weighted by atomic mass is 10.2. The Morgan fingerprint density at radius 1 is 0.964 bits per heavy atom. The van der Waals surface area contributed by atoms with Crippen LogP contribution in [0.3, 0.4) is 0 Å². The molecular weight excluding hydrogens is 407 g/mol. The molecule has 0 amide bonds. The zero-order chi connectivity index (χ0) is 21.3. The number of rotatable bonds is 5. The van der Waals surface area contributed by atoms with Crippen LogP contribution in [-0.2, 0) is 0 Å². The van der Waals surface area contributed by atoms with E-state index in [-0.39, 0.29) is 0 Å².